The third-order valence-electron chi connectivity index (χ3n) is 3.79. The number of nitrogens with zero attached hydrogens (tertiary/aromatic N) is 2. The van der Waals surface area contributed by atoms with Crippen molar-refractivity contribution in [1.82, 2.24) is 9.78 Å². The second-order valence-corrected chi connectivity index (χ2v) is 4.79. The second-order valence-electron chi connectivity index (χ2n) is 4.79. The highest BCUT2D eigenvalue weighted by Gasteiger charge is 2.32. The van der Waals surface area contributed by atoms with Crippen LogP contribution in [0.3, 0.4) is 0 Å². The van der Waals surface area contributed by atoms with E-state index >= 15 is 0 Å². The molecule has 3 N–H and O–H groups in total. The number of nitrogens with one attached hydrogen (secondary N) is 1. The van der Waals surface area contributed by atoms with Crippen molar-refractivity contribution in [3.05, 3.63) is 11.9 Å². The maximum absolute atomic E-state index is 12.1. The zero-order valence-corrected chi connectivity index (χ0v) is 10.4. The van der Waals surface area contributed by atoms with E-state index in [9.17, 15) is 4.79 Å². The summed E-state index contributed by atoms with van der Waals surface area (Å²) in [4.78, 5) is 12.1. The van der Waals surface area contributed by atoms with Gasteiger partial charge >= 0.3 is 0 Å². The number of nitrogens with two attached hydrogens (primary N) is 1. The molecule has 0 bridgehead atoms. The summed E-state index contributed by atoms with van der Waals surface area (Å²) in [6, 6.07) is 0. The smallest absolute Gasteiger partial charge is 0.227 e. The van der Waals surface area contributed by atoms with Gasteiger partial charge in [-0.25, -0.2) is 0 Å². The molecule has 5 heteroatoms. The van der Waals surface area contributed by atoms with Crippen molar-refractivity contribution in [2.45, 2.75) is 26.2 Å². The van der Waals surface area contributed by atoms with E-state index in [1.807, 2.05) is 14.0 Å². The molecule has 1 heterocycles. The lowest BCUT2D eigenvalue weighted by atomic mass is 9.95. The first-order valence-corrected chi connectivity index (χ1v) is 6.13. The molecular weight excluding hydrogens is 216 g/mol. The van der Waals surface area contributed by atoms with Crippen molar-refractivity contribution in [1.29, 1.82) is 0 Å². The average Bonchev–Trinajstić information content (AvgIpc) is 2.90. The lowest BCUT2D eigenvalue weighted by Gasteiger charge is -2.17. The minimum absolute atomic E-state index is 0.0691. The van der Waals surface area contributed by atoms with Crippen LogP contribution in [-0.4, -0.2) is 22.2 Å². The van der Waals surface area contributed by atoms with E-state index in [1.165, 1.54) is 0 Å². The normalized spacial score (nSPS) is 23.9. The summed E-state index contributed by atoms with van der Waals surface area (Å²) < 4.78 is 1.75. The van der Waals surface area contributed by atoms with Crippen LogP contribution in [0.15, 0.2) is 6.20 Å². The summed E-state index contributed by atoms with van der Waals surface area (Å²) in [5.41, 5.74) is 7.47. The quantitative estimate of drug-likeness (QED) is 0.823. The van der Waals surface area contributed by atoms with E-state index in [4.69, 9.17) is 5.73 Å². The van der Waals surface area contributed by atoms with Crippen molar-refractivity contribution in [3.63, 3.8) is 0 Å². The van der Waals surface area contributed by atoms with E-state index in [-0.39, 0.29) is 11.8 Å². The van der Waals surface area contributed by atoms with Crippen molar-refractivity contribution < 1.29 is 4.79 Å². The zero-order valence-electron chi connectivity index (χ0n) is 10.4. The molecule has 2 atom stereocenters. The lowest BCUT2D eigenvalue weighted by Crippen LogP contribution is -2.29. The Morgan fingerprint density at radius 1 is 1.65 bits per heavy atom. The van der Waals surface area contributed by atoms with Crippen LogP contribution in [0.25, 0.3) is 0 Å². The van der Waals surface area contributed by atoms with Crippen LogP contribution in [0.2, 0.25) is 0 Å². The molecule has 1 aliphatic rings. The number of anilines is 1. The molecule has 5 nitrogen and oxygen atoms in total. The number of hydrogen-bond donors (Lipinski definition) is 2. The van der Waals surface area contributed by atoms with Crippen LogP contribution in [0.5, 0.6) is 0 Å². The van der Waals surface area contributed by atoms with Gasteiger partial charge < -0.3 is 11.1 Å². The molecule has 1 aromatic heterocycles. The molecule has 1 saturated carbocycles. The molecule has 0 spiro atoms. The maximum Gasteiger partial charge on any atom is 0.227 e. The second kappa shape index (κ2) is 4.87. The van der Waals surface area contributed by atoms with Crippen LogP contribution < -0.4 is 11.1 Å². The standard InChI is InChI=1S/C12H20N4O/c1-8-11(7-14-16(8)2)15-12(17)10-5-3-4-9(10)6-13/h7,9-10H,3-6,13H2,1-2H3,(H,15,17)/t9-,10-/m1/s1. The SMILES string of the molecule is Cc1c(NC(=O)[C@@H]2CCC[C@@H]2CN)cnn1C. The van der Waals surface area contributed by atoms with Gasteiger partial charge in [0.25, 0.3) is 0 Å². The van der Waals surface area contributed by atoms with Gasteiger partial charge in [-0.1, -0.05) is 6.42 Å². The first-order chi connectivity index (χ1) is 8.13. The predicted octanol–water partition coefficient (Wildman–Crippen LogP) is 1.04. The van der Waals surface area contributed by atoms with Crippen molar-refractivity contribution in [2.24, 2.45) is 24.6 Å². The molecule has 0 saturated heterocycles. The van der Waals surface area contributed by atoms with Crippen molar-refractivity contribution in [3.8, 4) is 0 Å². The van der Waals surface area contributed by atoms with Gasteiger partial charge in [-0.05, 0) is 32.2 Å². The van der Waals surface area contributed by atoms with E-state index in [0.717, 1.165) is 30.6 Å². The van der Waals surface area contributed by atoms with Crippen molar-refractivity contribution in [2.75, 3.05) is 11.9 Å². The fourth-order valence-electron chi connectivity index (χ4n) is 2.51. The summed E-state index contributed by atoms with van der Waals surface area (Å²) in [5.74, 6) is 0.501. The largest absolute Gasteiger partial charge is 0.330 e. The Morgan fingerprint density at radius 3 is 3.00 bits per heavy atom. The summed E-state index contributed by atoms with van der Waals surface area (Å²) in [6.45, 7) is 2.54. The Labute approximate surface area is 101 Å². The van der Waals surface area contributed by atoms with E-state index in [1.54, 1.807) is 10.9 Å². The molecule has 1 amide bonds. The van der Waals surface area contributed by atoms with Gasteiger partial charge in [-0.3, -0.25) is 9.48 Å². The minimum Gasteiger partial charge on any atom is -0.330 e. The van der Waals surface area contributed by atoms with Crippen LogP contribution in [0, 0.1) is 18.8 Å². The Hall–Kier alpha value is -1.36. The molecule has 0 radical (unpaired) electrons. The average molecular weight is 236 g/mol. The Bertz CT molecular complexity index is 413. The number of hydrogen-bond acceptors (Lipinski definition) is 3. The third kappa shape index (κ3) is 2.34. The predicted molar refractivity (Wildman–Crippen MR) is 66.5 cm³/mol. The summed E-state index contributed by atoms with van der Waals surface area (Å²) in [5, 5.41) is 7.07. The van der Waals surface area contributed by atoms with Crippen molar-refractivity contribution >= 4 is 11.6 Å². The molecule has 17 heavy (non-hydrogen) atoms. The highest BCUT2D eigenvalue weighted by molar-refractivity contribution is 5.93. The third-order valence-corrected chi connectivity index (χ3v) is 3.79. The molecule has 1 aromatic rings. The zero-order chi connectivity index (χ0) is 12.4. The summed E-state index contributed by atoms with van der Waals surface area (Å²) in [7, 11) is 1.86. The Kier molecular flexibility index (Phi) is 3.47. The topological polar surface area (TPSA) is 72.9 Å². The maximum atomic E-state index is 12.1. The van der Waals surface area contributed by atoms with Gasteiger partial charge in [0.05, 0.1) is 17.6 Å². The number of rotatable bonds is 3. The molecule has 0 unspecified atom stereocenters. The highest BCUT2D eigenvalue weighted by atomic mass is 16.1. The molecule has 1 aliphatic carbocycles. The van der Waals surface area contributed by atoms with Gasteiger partial charge in [-0.15, -0.1) is 0 Å². The molecule has 0 aliphatic heterocycles. The number of carbonyl (C=O) groups is 1. The fraction of sp³-hybridized carbons (Fsp3) is 0.667. The van der Waals surface area contributed by atoms with Gasteiger partial charge in [0.2, 0.25) is 5.91 Å². The molecule has 94 valence electrons. The van der Waals surface area contributed by atoms with Gasteiger partial charge in [0.1, 0.15) is 0 Å². The molecule has 2 rings (SSSR count). The van der Waals surface area contributed by atoms with Crippen LogP contribution in [0.1, 0.15) is 25.0 Å². The number of amides is 1. The highest BCUT2D eigenvalue weighted by Crippen LogP contribution is 2.32. The van der Waals surface area contributed by atoms with Gasteiger partial charge in [0, 0.05) is 13.0 Å². The number of carbonyl (C=O) groups excluding carboxylic acids is 1. The lowest BCUT2D eigenvalue weighted by molar-refractivity contribution is -0.120. The summed E-state index contributed by atoms with van der Waals surface area (Å²) in [6.07, 6.45) is 4.82. The Balaban J connectivity index is 2.04. The van der Waals surface area contributed by atoms with E-state index in [0.29, 0.717) is 12.5 Å². The van der Waals surface area contributed by atoms with Crippen LogP contribution >= 0.6 is 0 Å². The molecular formula is C12H20N4O. The monoisotopic (exact) mass is 236 g/mol. The minimum atomic E-state index is 0.0691. The number of aryl methyl sites for hydroxylation is 1. The van der Waals surface area contributed by atoms with E-state index in [2.05, 4.69) is 10.4 Å². The first kappa shape index (κ1) is 12.1. The number of aromatic nitrogens is 2. The van der Waals surface area contributed by atoms with Crippen LogP contribution in [0.4, 0.5) is 5.69 Å². The fourth-order valence-corrected chi connectivity index (χ4v) is 2.51. The van der Waals surface area contributed by atoms with Gasteiger partial charge in [-0.2, -0.15) is 5.10 Å². The first-order valence-electron chi connectivity index (χ1n) is 6.13. The van der Waals surface area contributed by atoms with Crippen LogP contribution in [-0.2, 0) is 11.8 Å². The summed E-state index contributed by atoms with van der Waals surface area (Å²) >= 11 is 0. The Morgan fingerprint density at radius 2 is 2.41 bits per heavy atom. The van der Waals surface area contributed by atoms with Gasteiger partial charge in [0.15, 0.2) is 0 Å². The molecule has 0 aromatic carbocycles. The molecule has 1 fully saturated rings. The van der Waals surface area contributed by atoms with E-state index < -0.39 is 0 Å².